The SMILES string of the molecule is CCOC(=O)Cc1cnc(C)o1. The highest BCUT2D eigenvalue weighted by molar-refractivity contribution is 5.71. The molecule has 0 aliphatic rings. The van der Waals surface area contributed by atoms with Crippen LogP contribution in [0.2, 0.25) is 0 Å². The Morgan fingerprint density at radius 1 is 1.75 bits per heavy atom. The summed E-state index contributed by atoms with van der Waals surface area (Å²) in [6.07, 6.45) is 1.70. The number of aromatic nitrogens is 1. The summed E-state index contributed by atoms with van der Waals surface area (Å²) in [5.74, 6) is 0.828. The van der Waals surface area contributed by atoms with Gasteiger partial charge < -0.3 is 9.15 Å². The van der Waals surface area contributed by atoms with Crippen LogP contribution in [0.25, 0.3) is 0 Å². The number of nitrogens with zero attached hydrogens (tertiary/aromatic N) is 1. The number of oxazole rings is 1. The predicted molar refractivity (Wildman–Crippen MR) is 41.6 cm³/mol. The van der Waals surface area contributed by atoms with E-state index in [1.54, 1.807) is 13.8 Å². The summed E-state index contributed by atoms with van der Waals surface area (Å²) >= 11 is 0. The Kier molecular flexibility index (Phi) is 2.85. The van der Waals surface area contributed by atoms with Crippen LogP contribution in [0.3, 0.4) is 0 Å². The van der Waals surface area contributed by atoms with Gasteiger partial charge in [0.1, 0.15) is 12.2 Å². The molecule has 0 N–H and O–H groups in total. The van der Waals surface area contributed by atoms with Gasteiger partial charge in [-0.2, -0.15) is 0 Å². The van der Waals surface area contributed by atoms with E-state index in [4.69, 9.17) is 9.15 Å². The summed E-state index contributed by atoms with van der Waals surface area (Å²) in [4.78, 5) is 14.8. The molecule has 1 heterocycles. The van der Waals surface area contributed by atoms with Crippen LogP contribution in [0, 0.1) is 6.92 Å². The Labute approximate surface area is 70.5 Å². The van der Waals surface area contributed by atoms with Crippen LogP contribution in [-0.4, -0.2) is 17.6 Å². The minimum Gasteiger partial charge on any atom is -0.466 e. The Balaban J connectivity index is 2.46. The molecular formula is C8H11NO3. The molecule has 4 nitrogen and oxygen atoms in total. The van der Waals surface area contributed by atoms with Crippen molar-refractivity contribution in [2.75, 3.05) is 6.61 Å². The van der Waals surface area contributed by atoms with Gasteiger partial charge in [0.15, 0.2) is 5.89 Å². The highest BCUT2D eigenvalue weighted by Gasteiger charge is 2.07. The van der Waals surface area contributed by atoms with Crippen molar-refractivity contribution in [2.45, 2.75) is 20.3 Å². The second kappa shape index (κ2) is 3.90. The zero-order valence-corrected chi connectivity index (χ0v) is 7.16. The van der Waals surface area contributed by atoms with Crippen molar-refractivity contribution in [3.8, 4) is 0 Å². The van der Waals surface area contributed by atoms with Crippen LogP contribution in [0.15, 0.2) is 10.6 Å². The van der Waals surface area contributed by atoms with Crippen molar-refractivity contribution < 1.29 is 13.9 Å². The van der Waals surface area contributed by atoms with Gasteiger partial charge in [-0.3, -0.25) is 4.79 Å². The molecule has 1 aromatic rings. The van der Waals surface area contributed by atoms with E-state index in [0.29, 0.717) is 18.3 Å². The number of aryl methyl sites for hydroxylation is 1. The fraction of sp³-hybridized carbons (Fsp3) is 0.500. The second-order valence-electron chi connectivity index (χ2n) is 2.33. The fourth-order valence-corrected chi connectivity index (χ4v) is 0.841. The molecule has 0 aliphatic heterocycles. The lowest BCUT2D eigenvalue weighted by molar-refractivity contribution is -0.142. The summed E-state index contributed by atoms with van der Waals surface area (Å²) in [6, 6.07) is 0. The third-order valence-electron chi connectivity index (χ3n) is 1.29. The number of esters is 1. The van der Waals surface area contributed by atoms with Crippen LogP contribution in [0.1, 0.15) is 18.6 Å². The zero-order valence-electron chi connectivity index (χ0n) is 7.16. The van der Waals surface area contributed by atoms with E-state index < -0.39 is 0 Å². The molecule has 0 aliphatic carbocycles. The van der Waals surface area contributed by atoms with Gasteiger partial charge in [-0.25, -0.2) is 4.98 Å². The third-order valence-corrected chi connectivity index (χ3v) is 1.29. The fourth-order valence-electron chi connectivity index (χ4n) is 0.841. The minimum atomic E-state index is -0.284. The summed E-state index contributed by atoms with van der Waals surface area (Å²) in [5, 5.41) is 0. The number of ether oxygens (including phenoxy) is 1. The molecule has 0 spiro atoms. The van der Waals surface area contributed by atoms with Crippen LogP contribution < -0.4 is 0 Å². The standard InChI is InChI=1S/C8H11NO3/c1-3-11-8(10)4-7-5-9-6(2)12-7/h5H,3-4H2,1-2H3. The van der Waals surface area contributed by atoms with Gasteiger partial charge in [0.2, 0.25) is 0 Å². The molecule has 0 aromatic carbocycles. The summed E-state index contributed by atoms with van der Waals surface area (Å²) in [7, 11) is 0. The maximum atomic E-state index is 10.9. The van der Waals surface area contributed by atoms with Crippen LogP contribution in [0.5, 0.6) is 0 Å². The third kappa shape index (κ3) is 2.38. The lowest BCUT2D eigenvalue weighted by Crippen LogP contribution is -2.06. The smallest absolute Gasteiger partial charge is 0.313 e. The predicted octanol–water partition coefficient (Wildman–Crippen LogP) is 1.09. The largest absolute Gasteiger partial charge is 0.466 e. The maximum Gasteiger partial charge on any atom is 0.313 e. The van der Waals surface area contributed by atoms with E-state index in [1.807, 2.05) is 0 Å². The van der Waals surface area contributed by atoms with Gasteiger partial charge >= 0.3 is 5.97 Å². The van der Waals surface area contributed by atoms with Crippen molar-refractivity contribution in [3.63, 3.8) is 0 Å². The van der Waals surface area contributed by atoms with Gasteiger partial charge in [-0.1, -0.05) is 0 Å². The number of hydrogen-bond donors (Lipinski definition) is 0. The first-order valence-electron chi connectivity index (χ1n) is 3.79. The van der Waals surface area contributed by atoms with Gasteiger partial charge in [0, 0.05) is 6.92 Å². The molecule has 12 heavy (non-hydrogen) atoms. The van der Waals surface area contributed by atoms with Gasteiger partial charge in [0.25, 0.3) is 0 Å². The number of carbonyl (C=O) groups excluding carboxylic acids is 1. The first-order chi connectivity index (χ1) is 5.72. The van der Waals surface area contributed by atoms with Crippen LogP contribution in [0.4, 0.5) is 0 Å². The van der Waals surface area contributed by atoms with E-state index in [1.165, 1.54) is 6.20 Å². The molecule has 0 bridgehead atoms. The summed E-state index contributed by atoms with van der Waals surface area (Å²) < 4.78 is 9.82. The van der Waals surface area contributed by atoms with Gasteiger partial charge in [-0.15, -0.1) is 0 Å². The number of carbonyl (C=O) groups is 1. The van der Waals surface area contributed by atoms with E-state index in [9.17, 15) is 4.79 Å². The number of rotatable bonds is 3. The van der Waals surface area contributed by atoms with Gasteiger partial charge in [-0.05, 0) is 6.92 Å². The Morgan fingerprint density at radius 2 is 2.50 bits per heavy atom. The average molecular weight is 169 g/mol. The lowest BCUT2D eigenvalue weighted by Gasteiger charge is -1.97. The van der Waals surface area contributed by atoms with Crippen LogP contribution >= 0.6 is 0 Å². The van der Waals surface area contributed by atoms with Crippen molar-refractivity contribution in [1.29, 1.82) is 0 Å². The van der Waals surface area contributed by atoms with E-state index in [-0.39, 0.29) is 12.4 Å². The number of hydrogen-bond acceptors (Lipinski definition) is 4. The maximum absolute atomic E-state index is 10.9. The summed E-state index contributed by atoms with van der Waals surface area (Å²) in [6.45, 7) is 3.89. The molecule has 4 heteroatoms. The van der Waals surface area contributed by atoms with E-state index >= 15 is 0 Å². The lowest BCUT2D eigenvalue weighted by atomic mass is 10.4. The molecule has 66 valence electrons. The first-order valence-corrected chi connectivity index (χ1v) is 3.79. The van der Waals surface area contributed by atoms with Crippen LogP contribution in [-0.2, 0) is 16.0 Å². The molecular weight excluding hydrogens is 158 g/mol. The van der Waals surface area contributed by atoms with Crippen molar-refractivity contribution in [3.05, 3.63) is 17.8 Å². The molecule has 0 atom stereocenters. The molecule has 0 fully saturated rings. The quantitative estimate of drug-likeness (QED) is 0.635. The molecule has 1 aromatic heterocycles. The molecule has 0 amide bonds. The topological polar surface area (TPSA) is 52.3 Å². The molecule has 0 saturated heterocycles. The minimum absolute atomic E-state index is 0.161. The Morgan fingerprint density at radius 3 is 3.00 bits per heavy atom. The monoisotopic (exact) mass is 169 g/mol. The van der Waals surface area contributed by atoms with Crippen molar-refractivity contribution in [1.82, 2.24) is 4.98 Å². The molecule has 0 saturated carbocycles. The average Bonchev–Trinajstić information content (AvgIpc) is 2.36. The van der Waals surface area contributed by atoms with Gasteiger partial charge in [0.05, 0.1) is 12.8 Å². The second-order valence-corrected chi connectivity index (χ2v) is 2.33. The normalized spacial score (nSPS) is 9.83. The van der Waals surface area contributed by atoms with E-state index in [0.717, 1.165) is 0 Å². The van der Waals surface area contributed by atoms with Crippen molar-refractivity contribution >= 4 is 5.97 Å². The summed E-state index contributed by atoms with van der Waals surface area (Å²) in [5.41, 5.74) is 0. The first kappa shape index (κ1) is 8.77. The van der Waals surface area contributed by atoms with E-state index in [2.05, 4.69) is 4.98 Å². The molecule has 0 unspecified atom stereocenters. The Hall–Kier alpha value is -1.32. The molecule has 1 rings (SSSR count). The zero-order chi connectivity index (χ0) is 8.97. The molecule has 0 radical (unpaired) electrons. The highest BCUT2D eigenvalue weighted by Crippen LogP contribution is 2.03. The highest BCUT2D eigenvalue weighted by atomic mass is 16.5. The Bertz CT molecular complexity index is 267. The van der Waals surface area contributed by atoms with Crippen molar-refractivity contribution in [2.24, 2.45) is 0 Å².